The standard InChI is InChI=1S/C32H28N8O4/c1-40(2)29(41)18-44-28-14-24-26(15-27(28)43-3)37-30(38-31(24)35-23-9-10-25-21(13-23)17-34-39-25)19-6-4-8-22(12-19)36-32(42)20-7-5-11-33-16-20/h4-17H,18H2,1-3H3,(H,34,39)(H,36,42)(H,35,37,38). The molecule has 3 aromatic carbocycles. The lowest BCUT2D eigenvalue weighted by atomic mass is 10.1. The number of rotatable bonds is 9. The average molecular weight is 589 g/mol. The first kappa shape index (κ1) is 28.1. The largest absolute Gasteiger partial charge is 0.493 e. The van der Waals surface area contributed by atoms with E-state index < -0.39 is 0 Å². The summed E-state index contributed by atoms with van der Waals surface area (Å²) in [7, 11) is 4.85. The number of methoxy groups -OCH3 is 1. The second-order valence-corrected chi connectivity index (χ2v) is 10.1. The smallest absolute Gasteiger partial charge is 0.259 e. The number of likely N-dealkylation sites (N-methyl/N-ethyl adjacent to an activating group) is 1. The molecule has 3 aromatic heterocycles. The third-order valence-electron chi connectivity index (χ3n) is 6.83. The number of anilines is 3. The number of nitrogens with zero attached hydrogens (tertiary/aromatic N) is 5. The number of carbonyl (C=O) groups excluding carboxylic acids is 2. The first-order valence-corrected chi connectivity index (χ1v) is 13.6. The Balaban J connectivity index is 1.42. The second-order valence-electron chi connectivity index (χ2n) is 10.1. The van der Waals surface area contributed by atoms with Crippen molar-refractivity contribution in [3.05, 3.63) is 90.9 Å². The van der Waals surface area contributed by atoms with Gasteiger partial charge in [0.2, 0.25) is 0 Å². The molecule has 0 aliphatic rings. The van der Waals surface area contributed by atoms with Crippen LogP contribution in [-0.2, 0) is 4.79 Å². The minimum Gasteiger partial charge on any atom is -0.493 e. The van der Waals surface area contributed by atoms with E-state index in [2.05, 4.69) is 25.8 Å². The van der Waals surface area contributed by atoms with Crippen LogP contribution in [0, 0.1) is 0 Å². The van der Waals surface area contributed by atoms with Crippen LogP contribution in [0.1, 0.15) is 10.4 Å². The number of carbonyl (C=O) groups is 2. The summed E-state index contributed by atoms with van der Waals surface area (Å²) in [6.07, 6.45) is 4.93. The van der Waals surface area contributed by atoms with E-state index in [0.29, 0.717) is 50.9 Å². The molecule has 0 fully saturated rings. The molecule has 3 N–H and O–H groups in total. The summed E-state index contributed by atoms with van der Waals surface area (Å²) in [6, 6.07) is 19.9. The topological polar surface area (TPSA) is 147 Å². The average Bonchev–Trinajstić information content (AvgIpc) is 3.51. The van der Waals surface area contributed by atoms with Gasteiger partial charge in [-0.1, -0.05) is 12.1 Å². The van der Waals surface area contributed by atoms with Crippen LogP contribution >= 0.6 is 0 Å². The lowest BCUT2D eigenvalue weighted by Gasteiger charge is -2.16. The number of ether oxygens (including phenoxy) is 2. The molecule has 0 radical (unpaired) electrons. The van der Waals surface area contributed by atoms with Crippen molar-refractivity contribution in [1.82, 2.24) is 30.0 Å². The molecule has 0 saturated heterocycles. The molecule has 6 aromatic rings. The number of nitrogens with one attached hydrogen (secondary N) is 3. The van der Waals surface area contributed by atoms with Gasteiger partial charge < -0.3 is 25.0 Å². The van der Waals surface area contributed by atoms with Gasteiger partial charge in [0.15, 0.2) is 23.9 Å². The molecule has 0 bridgehead atoms. The molecule has 12 nitrogen and oxygen atoms in total. The van der Waals surface area contributed by atoms with Crippen LogP contribution in [0.2, 0.25) is 0 Å². The molecule has 3 heterocycles. The highest BCUT2D eigenvalue weighted by Gasteiger charge is 2.17. The molecule has 0 atom stereocenters. The third kappa shape index (κ3) is 5.95. The van der Waals surface area contributed by atoms with Crippen LogP contribution in [0.5, 0.6) is 11.5 Å². The summed E-state index contributed by atoms with van der Waals surface area (Å²) in [5.74, 6) is 1.24. The number of aromatic amines is 1. The normalized spacial score (nSPS) is 10.9. The van der Waals surface area contributed by atoms with Crippen molar-refractivity contribution < 1.29 is 19.1 Å². The summed E-state index contributed by atoms with van der Waals surface area (Å²) in [6.45, 7) is -0.161. The highest BCUT2D eigenvalue weighted by Crippen LogP contribution is 2.37. The van der Waals surface area contributed by atoms with E-state index in [0.717, 1.165) is 16.6 Å². The highest BCUT2D eigenvalue weighted by atomic mass is 16.5. The predicted molar refractivity (Wildman–Crippen MR) is 167 cm³/mol. The van der Waals surface area contributed by atoms with Crippen LogP contribution in [0.4, 0.5) is 17.2 Å². The van der Waals surface area contributed by atoms with E-state index in [1.807, 2.05) is 36.5 Å². The van der Waals surface area contributed by atoms with Gasteiger partial charge in [0.25, 0.3) is 11.8 Å². The van der Waals surface area contributed by atoms with E-state index in [-0.39, 0.29) is 18.4 Å². The Morgan fingerprint density at radius 1 is 0.932 bits per heavy atom. The lowest BCUT2D eigenvalue weighted by molar-refractivity contribution is -0.130. The molecule has 0 unspecified atom stereocenters. The van der Waals surface area contributed by atoms with E-state index in [1.54, 1.807) is 56.7 Å². The Morgan fingerprint density at radius 3 is 2.61 bits per heavy atom. The molecule has 44 heavy (non-hydrogen) atoms. The number of amides is 2. The Morgan fingerprint density at radius 2 is 1.82 bits per heavy atom. The zero-order valence-corrected chi connectivity index (χ0v) is 24.2. The first-order chi connectivity index (χ1) is 21.4. The third-order valence-corrected chi connectivity index (χ3v) is 6.83. The number of benzene rings is 3. The molecule has 0 saturated carbocycles. The number of pyridine rings is 1. The summed E-state index contributed by atoms with van der Waals surface area (Å²) in [5.41, 5.74) is 3.89. The fraction of sp³-hybridized carbons (Fsp3) is 0.125. The Bertz CT molecular complexity index is 1990. The quantitative estimate of drug-likeness (QED) is 0.211. The molecule has 6 rings (SSSR count). The van der Waals surface area contributed by atoms with Crippen molar-refractivity contribution >= 4 is 50.8 Å². The molecule has 0 spiro atoms. The van der Waals surface area contributed by atoms with Gasteiger partial charge in [0.1, 0.15) is 5.82 Å². The molecule has 0 aliphatic heterocycles. The first-order valence-electron chi connectivity index (χ1n) is 13.6. The number of hydrogen-bond acceptors (Lipinski definition) is 9. The van der Waals surface area contributed by atoms with Gasteiger partial charge in [0, 0.05) is 66.5 Å². The lowest BCUT2D eigenvalue weighted by Crippen LogP contribution is -2.27. The van der Waals surface area contributed by atoms with Gasteiger partial charge in [-0.3, -0.25) is 19.7 Å². The number of H-pyrrole nitrogens is 1. The van der Waals surface area contributed by atoms with Crippen molar-refractivity contribution in [2.45, 2.75) is 0 Å². The Labute approximate surface area is 252 Å². The highest BCUT2D eigenvalue weighted by molar-refractivity contribution is 6.04. The van der Waals surface area contributed by atoms with Gasteiger partial charge in [0.05, 0.1) is 23.7 Å². The fourth-order valence-corrected chi connectivity index (χ4v) is 4.50. The van der Waals surface area contributed by atoms with E-state index >= 15 is 0 Å². The molecule has 220 valence electrons. The minimum absolute atomic E-state index is 0.161. The van der Waals surface area contributed by atoms with Crippen molar-refractivity contribution in [2.75, 3.05) is 38.4 Å². The van der Waals surface area contributed by atoms with Gasteiger partial charge in [-0.15, -0.1) is 0 Å². The van der Waals surface area contributed by atoms with Crippen molar-refractivity contribution in [3.63, 3.8) is 0 Å². The second kappa shape index (κ2) is 12.1. The van der Waals surface area contributed by atoms with Crippen LogP contribution in [0.25, 0.3) is 33.2 Å². The van der Waals surface area contributed by atoms with Crippen molar-refractivity contribution in [3.8, 4) is 22.9 Å². The zero-order valence-electron chi connectivity index (χ0n) is 24.2. The summed E-state index contributed by atoms with van der Waals surface area (Å²) in [5, 5.41) is 15.0. The SMILES string of the molecule is COc1cc2nc(-c3cccc(NC(=O)c4cccnc4)c3)nc(Nc3ccc4n[nH]cc4c3)c2cc1OCC(=O)N(C)C. The maximum absolute atomic E-state index is 12.8. The molecule has 12 heteroatoms. The monoisotopic (exact) mass is 588 g/mol. The van der Waals surface area contributed by atoms with Crippen LogP contribution in [0.15, 0.2) is 85.3 Å². The van der Waals surface area contributed by atoms with Crippen LogP contribution in [0.3, 0.4) is 0 Å². The van der Waals surface area contributed by atoms with E-state index in [9.17, 15) is 9.59 Å². The van der Waals surface area contributed by atoms with E-state index in [1.165, 1.54) is 18.2 Å². The number of hydrogen-bond donors (Lipinski definition) is 3. The molecular weight excluding hydrogens is 560 g/mol. The van der Waals surface area contributed by atoms with Gasteiger partial charge >= 0.3 is 0 Å². The van der Waals surface area contributed by atoms with Crippen LogP contribution < -0.4 is 20.1 Å². The van der Waals surface area contributed by atoms with Gasteiger partial charge in [-0.2, -0.15) is 5.10 Å². The Hall–Kier alpha value is -6.04. The molecule has 0 aliphatic carbocycles. The summed E-state index contributed by atoms with van der Waals surface area (Å²) >= 11 is 0. The summed E-state index contributed by atoms with van der Waals surface area (Å²) in [4.78, 5) is 40.2. The van der Waals surface area contributed by atoms with Crippen LogP contribution in [-0.4, -0.2) is 69.7 Å². The summed E-state index contributed by atoms with van der Waals surface area (Å²) < 4.78 is 11.5. The number of aromatic nitrogens is 5. The molecular formula is C32H28N8O4. The van der Waals surface area contributed by atoms with Gasteiger partial charge in [-0.25, -0.2) is 9.97 Å². The molecule has 2 amide bonds. The minimum atomic E-state index is -0.281. The van der Waals surface area contributed by atoms with Gasteiger partial charge in [-0.05, 0) is 48.5 Å². The Kier molecular flexibility index (Phi) is 7.70. The van der Waals surface area contributed by atoms with Crippen molar-refractivity contribution in [2.24, 2.45) is 0 Å². The predicted octanol–water partition coefficient (Wildman–Crippen LogP) is 5.04. The van der Waals surface area contributed by atoms with E-state index in [4.69, 9.17) is 19.4 Å². The maximum Gasteiger partial charge on any atom is 0.259 e. The zero-order chi connectivity index (χ0) is 30.6. The number of fused-ring (bicyclic) bond motifs is 2. The van der Waals surface area contributed by atoms with Crippen molar-refractivity contribution in [1.29, 1.82) is 0 Å². The maximum atomic E-state index is 12.8. The fourth-order valence-electron chi connectivity index (χ4n) is 4.50.